The second-order valence-corrected chi connectivity index (χ2v) is 30.0. The molecule has 90 heavy (non-hydrogen) atoms. The maximum atomic E-state index is 13.0. The Morgan fingerprint density at radius 2 is 0.511 bits per heavy atom. The normalized spacial score (nSPS) is 14.2. The molecular weight excluding hydrogens is 1190 g/mol. The summed E-state index contributed by atoms with van der Waals surface area (Å²) >= 11 is 0. The summed E-state index contributed by atoms with van der Waals surface area (Å²) in [6.07, 6.45) is 46.1. The molecule has 2 unspecified atom stereocenters. The maximum Gasteiger partial charge on any atom is 0.472 e. The van der Waals surface area contributed by atoms with Gasteiger partial charge in [-0.3, -0.25) is 37.3 Å². The summed E-state index contributed by atoms with van der Waals surface area (Å²) in [5.41, 5.74) is 0. The molecule has 5 atom stereocenters. The molecule has 0 fully saturated rings. The van der Waals surface area contributed by atoms with E-state index in [0.717, 1.165) is 108 Å². The molecule has 0 aromatic rings. The molecule has 0 aromatic carbocycles. The van der Waals surface area contributed by atoms with Gasteiger partial charge in [0, 0.05) is 25.7 Å². The fourth-order valence-electron chi connectivity index (χ4n) is 10.7. The fraction of sp³-hybridized carbons (Fsp3) is 0.944. The van der Waals surface area contributed by atoms with E-state index in [1.165, 1.54) is 161 Å². The van der Waals surface area contributed by atoms with Crippen LogP contribution in [0.1, 0.15) is 357 Å². The van der Waals surface area contributed by atoms with E-state index in [9.17, 15) is 43.2 Å². The molecule has 0 spiro atoms. The predicted octanol–water partition coefficient (Wildman–Crippen LogP) is 20.2. The molecule has 3 N–H and O–H groups in total. The van der Waals surface area contributed by atoms with Gasteiger partial charge in [-0.25, -0.2) is 9.13 Å². The number of aliphatic hydroxyl groups excluding tert-OH is 1. The summed E-state index contributed by atoms with van der Waals surface area (Å²) in [4.78, 5) is 72.4. The van der Waals surface area contributed by atoms with Crippen LogP contribution in [0, 0.1) is 17.8 Å². The third-order valence-corrected chi connectivity index (χ3v) is 18.3. The van der Waals surface area contributed by atoms with Crippen molar-refractivity contribution in [3.63, 3.8) is 0 Å². The van der Waals surface area contributed by atoms with E-state index in [0.29, 0.717) is 31.6 Å². The first-order valence-corrected chi connectivity index (χ1v) is 39.8. The zero-order valence-corrected chi connectivity index (χ0v) is 60.4. The lowest BCUT2D eigenvalue weighted by atomic mass is 10.0. The van der Waals surface area contributed by atoms with Gasteiger partial charge >= 0.3 is 39.5 Å². The first-order valence-electron chi connectivity index (χ1n) is 36.8. The second kappa shape index (κ2) is 61.9. The van der Waals surface area contributed by atoms with E-state index in [2.05, 4.69) is 48.5 Å². The predicted molar refractivity (Wildman–Crippen MR) is 363 cm³/mol. The fourth-order valence-corrected chi connectivity index (χ4v) is 12.3. The number of hydrogen-bond donors (Lipinski definition) is 3. The van der Waals surface area contributed by atoms with Gasteiger partial charge in [-0.1, -0.05) is 305 Å². The Hall–Kier alpha value is -1.94. The van der Waals surface area contributed by atoms with Crippen LogP contribution in [0.15, 0.2) is 0 Å². The zero-order chi connectivity index (χ0) is 66.6. The Morgan fingerprint density at radius 3 is 0.756 bits per heavy atom. The summed E-state index contributed by atoms with van der Waals surface area (Å²) in [5, 5.41) is 10.6. The topological polar surface area (TPSA) is 237 Å². The Kier molecular flexibility index (Phi) is 60.6. The molecule has 17 nitrogen and oxygen atoms in total. The SMILES string of the molecule is CCCCCCCCCCC(=O)OC[C@H](COP(=O)(O)OC[C@H](O)COP(=O)(O)OC[C@@H](COC(=O)CCCCCCCCCCCCCCCC(C)C)OC(=O)CCCCCCCCCCCCCCCCC(C)C)OC(=O)CCCCCCCCC(C)C. The number of esters is 4. The number of rotatable bonds is 69. The lowest BCUT2D eigenvalue weighted by Crippen LogP contribution is -2.30. The van der Waals surface area contributed by atoms with Gasteiger partial charge in [0.1, 0.15) is 19.3 Å². The van der Waals surface area contributed by atoms with Crippen LogP contribution in [0.4, 0.5) is 0 Å². The van der Waals surface area contributed by atoms with Crippen LogP contribution in [0.5, 0.6) is 0 Å². The van der Waals surface area contributed by atoms with Crippen molar-refractivity contribution in [3.05, 3.63) is 0 Å². The maximum absolute atomic E-state index is 13.0. The second-order valence-electron chi connectivity index (χ2n) is 27.1. The molecule has 0 saturated heterocycles. The minimum Gasteiger partial charge on any atom is -0.462 e. The van der Waals surface area contributed by atoms with Crippen molar-refractivity contribution in [2.24, 2.45) is 17.8 Å². The Bertz CT molecular complexity index is 1770. The lowest BCUT2D eigenvalue weighted by molar-refractivity contribution is -0.161. The molecule has 19 heteroatoms. The quantitative estimate of drug-likeness (QED) is 0.0222. The van der Waals surface area contributed by atoms with Gasteiger partial charge in [-0.05, 0) is 43.4 Å². The molecule has 0 amide bonds. The first kappa shape index (κ1) is 88.1. The number of hydrogen-bond acceptors (Lipinski definition) is 15. The lowest BCUT2D eigenvalue weighted by Gasteiger charge is -2.21. The summed E-state index contributed by atoms with van der Waals surface area (Å²) in [7, 11) is -9.90. The largest absolute Gasteiger partial charge is 0.472 e. The molecule has 0 aliphatic heterocycles. The van der Waals surface area contributed by atoms with Gasteiger partial charge in [0.2, 0.25) is 0 Å². The number of carbonyl (C=O) groups excluding carboxylic acids is 4. The zero-order valence-electron chi connectivity index (χ0n) is 58.6. The molecule has 0 rings (SSSR count). The number of unbranched alkanes of at least 4 members (excludes halogenated alkanes) is 37. The summed E-state index contributed by atoms with van der Waals surface area (Å²) in [6.45, 7) is 11.8. The molecule has 534 valence electrons. The average Bonchev–Trinajstić information content (AvgIpc) is 3.70. The standard InChI is InChI=1S/C71H138O17P2/c1-8-9-10-11-12-30-38-45-52-68(73)81-59-67(88-71(76)55-48-41-34-33-37-44-51-64(6)7)61-86-90(79,80)84-57-65(72)56-83-89(77,78)85-60-66(58-82-69(74)53-46-39-31-26-22-19-15-17-21-25-29-36-43-50-63(4)5)87-70(75)54-47-40-32-27-23-18-14-13-16-20-24-28-35-42-49-62(2)3/h62-67,72H,8-61H2,1-7H3,(H,77,78)(H,79,80)/t65-,66-,67-/m1/s1. The smallest absolute Gasteiger partial charge is 0.462 e. The van der Waals surface area contributed by atoms with Crippen LogP contribution in [-0.4, -0.2) is 96.7 Å². The third-order valence-electron chi connectivity index (χ3n) is 16.4. The average molecular weight is 1330 g/mol. The van der Waals surface area contributed by atoms with Gasteiger partial charge in [-0.15, -0.1) is 0 Å². The van der Waals surface area contributed by atoms with Crippen LogP contribution < -0.4 is 0 Å². The molecule has 0 aromatic heterocycles. The van der Waals surface area contributed by atoms with Crippen LogP contribution >= 0.6 is 15.6 Å². The number of phosphoric acid groups is 2. The van der Waals surface area contributed by atoms with Crippen LogP contribution in [-0.2, 0) is 65.4 Å². The van der Waals surface area contributed by atoms with Gasteiger partial charge in [-0.2, -0.15) is 0 Å². The number of phosphoric ester groups is 2. The molecule has 0 bridgehead atoms. The highest BCUT2D eigenvalue weighted by Crippen LogP contribution is 2.45. The summed E-state index contributed by atoms with van der Waals surface area (Å²) in [5.74, 6) is 0.125. The Morgan fingerprint density at radius 1 is 0.300 bits per heavy atom. The first-order chi connectivity index (χ1) is 43.2. The van der Waals surface area contributed by atoms with E-state index >= 15 is 0 Å². The van der Waals surface area contributed by atoms with Gasteiger partial charge < -0.3 is 33.8 Å². The molecule has 0 aliphatic rings. The van der Waals surface area contributed by atoms with Crippen LogP contribution in [0.25, 0.3) is 0 Å². The van der Waals surface area contributed by atoms with Crippen molar-refractivity contribution in [2.75, 3.05) is 39.6 Å². The minimum absolute atomic E-state index is 0.102. The molecule has 0 heterocycles. The summed E-state index contributed by atoms with van der Waals surface area (Å²) < 4.78 is 68.2. The van der Waals surface area contributed by atoms with Crippen molar-refractivity contribution < 1.29 is 80.2 Å². The van der Waals surface area contributed by atoms with E-state index in [4.69, 9.17) is 37.0 Å². The number of ether oxygens (including phenoxy) is 4. The molecule has 0 radical (unpaired) electrons. The molecule has 0 aliphatic carbocycles. The molecule has 0 saturated carbocycles. The highest BCUT2D eigenvalue weighted by molar-refractivity contribution is 7.47. The van der Waals surface area contributed by atoms with Gasteiger partial charge in [0.15, 0.2) is 12.2 Å². The van der Waals surface area contributed by atoms with Crippen LogP contribution in [0.3, 0.4) is 0 Å². The number of aliphatic hydroxyl groups is 1. The van der Waals surface area contributed by atoms with E-state index in [1.807, 2.05) is 0 Å². The van der Waals surface area contributed by atoms with E-state index < -0.39 is 97.5 Å². The van der Waals surface area contributed by atoms with Crippen molar-refractivity contribution in [3.8, 4) is 0 Å². The molecular formula is C71H138O17P2. The van der Waals surface area contributed by atoms with Gasteiger partial charge in [0.05, 0.1) is 26.4 Å². The number of carbonyl (C=O) groups is 4. The highest BCUT2D eigenvalue weighted by atomic mass is 31.2. The minimum atomic E-state index is -4.95. The van der Waals surface area contributed by atoms with E-state index in [1.54, 1.807) is 0 Å². The van der Waals surface area contributed by atoms with Gasteiger partial charge in [0.25, 0.3) is 0 Å². The third kappa shape index (κ3) is 64.8. The van der Waals surface area contributed by atoms with Crippen molar-refractivity contribution in [2.45, 2.75) is 375 Å². The van der Waals surface area contributed by atoms with Crippen LogP contribution in [0.2, 0.25) is 0 Å². The Balaban J connectivity index is 5.20. The highest BCUT2D eigenvalue weighted by Gasteiger charge is 2.30. The summed E-state index contributed by atoms with van der Waals surface area (Å²) in [6, 6.07) is 0. The van der Waals surface area contributed by atoms with Crippen molar-refractivity contribution in [1.82, 2.24) is 0 Å². The monoisotopic (exact) mass is 1320 g/mol. The van der Waals surface area contributed by atoms with E-state index in [-0.39, 0.29) is 25.7 Å². The van der Waals surface area contributed by atoms with Crippen molar-refractivity contribution in [1.29, 1.82) is 0 Å². The van der Waals surface area contributed by atoms with Crippen molar-refractivity contribution >= 4 is 39.5 Å². The Labute approximate surface area is 549 Å².